The van der Waals surface area contributed by atoms with Gasteiger partial charge in [0.05, 0.1) is 5.60 Å². The summed E-state index contributed by atoms with van der Waals surface area (Å²) >= 11 is 5.51. The van der Waals surface area contributed by atoms with Crippen LogP contribution in [-0.4, -0.2) is 40.6 Å². The Bertz CT molecular complexity index is 436. The van der Waals surface area contributed by atoms with Crippen LogP contribution in [0.2, 0.25) is 0 Å². The van der Waals surface area contributed by atoms with Crippen LogP contribution >= 0.6 is 15.9 Å². The number of hydrogen-bond donors (Lipinski definition) is 2. The molecule has 0 amide bonds. The van der Waals surface area contributed by atoms with Crippen molar-refractivity contribution in [1.82, 2.24) is 5.32 Å². The summed E-state index contributed by atoms with van der Waals surface area (Å²) in [5.41, 5.74) is 0.707. The summed E-state index contributed by atoms with van der Waals surface area (Å²) in [4.78, 5) is 0. The number of rotatable bonds is 1. The van der Waals surface area contributed by atoms with Gasteiger partial charge in [-0.25, -0.2) is 0 Å². The molecule has 1 fully saturated rings. The van der Waals surface area contributed by atoms with Crippen LogP contribution in [0.1, 0.15) is 40.2 Å². The SMILES string of the molecule is CC(C)(C)O.[Li][C]1(c2ccc(Br)cc2)NC(C)(C)CO1. The van der Waals surface area contributed by atoms with E-state index in [4.69, 9.17) is 9.84 Å². The normalized spacial score (nSPS) is 25.1. The van der Waals surface area contributed by atoms with Gasteiger partial charge >= 0.3 is 108 Å². The Kier molecular flexibility index (Phi) is 5.94. The molecule has 1 heterocycles. The van der Waals surface area contributed by atoms with E-state index in [0.29, 0.717) is 0 Å². The van der Waals surface area contributed by atoms with Crippen molar-refractivity contribution in [2.24, 2.45) is 0 Å². The van der Waals surface area contributed by atoms with Crippen molar-refractivity contribution in [2.75, 3.05) is 6.61 Å². The Balaban J connectivity index is 0.000000347. The number of halogens is 1. The van der Waals surface area contributed by atoms with Crippen molar-refractivity contribution in [3.63, 3.8) is 0 Å². The molecular formula is C15H23BrLiNO2. The third-order valence-electron chi connectivity index (χ3n) is 2.69. The summed E-state index contributed by atoms with van der Waals surface area (Å²) in [5, 5.41) is 12.0. The van der Waals surface area contributed by atoms with E-state index >= 15 is 0 Å². The van der Waals surface area contributed by atoms with E-state index in [2.05, 4.69) is 64.9 Å². The molecular weight excluding hydrogens is 313 g/mol. The molecule has 2 N–H and O–H groups in total. The molecule has 1 aromatic rings. The Morgan fingerprint density at radius 3 is 2.05 bits per heavy atom. The molecule has 0 saturated carbocycles. The number of hydrogen-bond acceptors (Lipinski definition) is 3. The Morgan fingerprint density at radius 2 is 1.70 bits per heavy atom. The Morgan fingerprint density at radius 1 is 1.25 bits per heavy atom. The van der Waals surface area contributed by atoms with Crippen LogP contribution in [0, 0.1) is 0 Å². The Hall–Kier alpha value is 0.177. The van der Waals surface area contributed by atoms with E-state index < -0.39 is 5.60 Å². The topological polar surface area (TPSA) is 41.5 Å². The number of nitrogens with one attached hydrogen (secondary N) is 1. The van der Waals surface area contributed by atoms with Crippen LogP contribution in [0.4, 0.5) is 0 Å². The zero-order valence-electron chi connectivity index (χ0n) is 13.2. The van der Waals surface area contributed by atoms with E-state index in [0.717, 1.165) is 16.6 Å². The molecule has 108 valence electrons. The first-order valence-electron chi connectivity index (χ1n) is 6.83. The van der Waals surface area contributed by atoms with Gasteiger partial charge in [0, 0.05) is 0 Å². The molecule has 1 aliphatic rings. The fourth-order valence-electron chi connectivity index (χ4n) is 1.97. The van der Waals surface area contributed by atoms with Crippen molar-refractivity contribution in [3.8, 4) is 0 Å². The number of ether oxygens (including phenoxy) is 1. The second-order valence-corrected chi connectivity index (χ2v) is 7.92. The van der Waals surface area contributed by atoms with Crippen molar-refractivity contribution < 1.29 is 9.84 Å². The van der Waals surface area contributed by atoms with Crippen molar-refractivity contribution in [1.29, 1.82) is 0 Å². The van der Waals surface area contributed by atoms with Gasteiger partial charge in [0.1, 0.15) is 0 Å². The predicted molar refractivity (Wildman–Crippen MR) is 86.7 cm³/mol. The minimum absolute atomic E-state index is 0.0435. The van der Waals surface area contributed by atoms with Crippen LogP contribution in [0.3, 0.4) is 0 Å². The zero-order valence-corrected chi connectivity index (χ0v) is 14.8. The second kappa shape index (κ2) is 6.52. The van der Waals surface area contributed by atoms with Crippen molar-refractivity contribution in [2.45, 2.75) is 50.2 Å². The average molecular weight is 336 g/mol. The first-order chi connectivity index (χ1) is 8.91. The van der Waals surface area contributed by atoms with Gasteiger partial charge in [0.2, 0.25) is 0 Å². The van der Waals surface area contributed by atoms with Gasteiger partial charge in [0.25, 0.3) is 0 Å². The minimum atomic E-state index is -0.500. The fourth-order valence-corrected chi connectivity index (χ4v) is 2.23. The molecule has 0 bridgehead atoms. The molecule has 1 unspecified atom stereocenters. The van der Waals surface area contributed by atoms with E-state index in [9.17, 15) is 0 Å². The summed E-state index contributed by atoms with van der Waals surface area (Å²) in [6, 6.07) is 8.24. The van der Waals surface area contributed by atoms with Gasteiger partial charge in [-0.3, -0.25) is 0 Å². The number of aliphatic hydroxyl groups is 1. The molecule has 2 rings (SSSR count). The molecule has 1 aliphatic heterocycles. The molecule has 0 spiro atoms. The summed E-state index contributed by atoms with van der Waals surface area (Å²) in [5.74, 6) is 0. The standard InChI is InChI=1S/C11H13BrNO.C4H10O.Li/c1-11(2)7-14-10(13-11)8-3-5-9(12)6-4-8;1-4(2,3)5;/h3-6,13H,7H2,1-2H3;5H,1-3H3;. The molecule has 20 heavy (non-hydrogen) atoms. The first kappa shape index (κ1) is 18.2. The van der Waals surface area contributed by atoms with E-state index in [1.807, 2.05) is 12.1 Å². The van der Waals surface area contributed by atoms with E-state index in [1.165, 1.54) is 0 Å². The molecule has 1 saturated heterocycles. The molecule has 1 aromatic carbocycles. The average Bonchev–Trinajstić information content (AvgIpc) is 2.52. The second-order valence-electron chi connectivity index (χ2n) is 7.01. The monoisotopic (exact) mass is 335 g/mol. The first-order valence-corrected chi connectivity index (χ1v) is 7.62. The summed E-state index contributed by atoms with van der Waals surface area (Å²) < 4.78 is 6.59. The Labute approximate surface area is 139 Å². The zero-order chi connectivity index (χ0) is 15.6. The van der Waals surface area contributed by atoms with Gasteiger partial charge in [0.15, 0.2) is 0 Å². The van der Waals surface area contributed by atoms with Gasteiger partial charge in [-0.1, -0.05) is 0 Å². The van der Waals surface area contributed by atoms with Crippen molar-refractivity contribution >= 4 is 33.6 Å². The van der Waals surface area contributed by atoms with Crippen LogP contribution in [0.15, 0.2) is 28.7 Å². The molecule has 1 atom stereocenters. The molecule has 3 nitrogen and oxygen atoms in total. The molecule has 0 aromatic heterocycles. The molecule has 5 heteroatoms. The van der Waals surface area contributed by atoms with Gasteiger partial charge in [-0.2, -0.15) is 0 Å². The summed E-state index contributed by atoms with van der Waals surface area (Å²) in [6.07, 6.45) is 0. The third-order valence-corrected chi connectivity index (χ3v) is 3.22. The quantitative estimate of drug-likeness (QED) is 0.775. The van der Waals surface area contributed by atoms with Gasteiger partial charge in [-0.15, -0.1) is 0 Å². The molecule has 0 radical (unpaired) electrons. The number of benzene rings is 1. The maximum atomic E-state index is 8.52. The van der Waals surface area contributed by atoms with Crippen LogP contribution < -0.4 is 5.32 Å². The van der Waals surface area contributed by atoms with Crippen molar-refractivity contribution in [3.05, 3.63) is 34.3 Å². The van der Waals surface area contributed by atoms with Gasteiger partial charge < -0.3 is 5.11 Å². The van der Waals surface area contributed by atoms with Crippen LogP contribution in [0.5, 0.6) is 0 Å². The maximum absolute atomic E-state index is 8.52. The molecule has 0 aliphatic carbocycles. The van der Waals surface area contributed by atoms with Crippen LogP contribution in [-0.2, 0) is 9.13 Å². The summed E-state index contributed by atoms with van der Waals surface area (Å²) in [6.45, 7) is 10.3. The predicted octanol–water partition coefficient (Wildman–Crippen LogP) is 2.90. The van der Waals surface area contributed by atoms with Crippen LogP contribution in [0.25, 0.3) is 0 Å². The van der Waals surface area contributed by atoms with Gasteiger partial charge in [-0.05, 0) is 20.8 Å². The fraction of sp³-hybridized carbons (Fsp3) is 0.600. The van der Waals surface area contributed by atoms with E-state index in [-0.39, 0.29) is 9.94 Å². The van der Waals surface area contributed by atoms with E-state index in [1.54, 1.807) is 20.8 Å². The summed E-state index contributed by atoms with van der Waals surface area (Å²) in [7, 11) is 0. The third kappa shape index (κ3) is 6.30.